The maximum absolute atomic E-state index is 12.1. The number of thiophene rings is 1. The second-order valence-corrected chi connectivity index (χ2v) is 6.41. The third-order valence-electron chi connectivity index (χ3n) is 3.89. The van der Waals surface area contributed by atoms with Crippen molar-refractivity contribution in [2.24, 2.45) is 0 Å². The van der Waals surface area contributed by atoms with E-state index in [0.717, 1.165) is 30.8 Å². The summed E-state index contributed by atoms with van der Waals surface area (Å²) in [4.78, 5) is 14.4. The predicted octanol–water partition coefficient (Wildman–Crippen LogP) is 2.11. The van der Waals surface area contributed by atoms with Gasteiger partial charge >= 0.3 is 0 Å². The zero-order valence-electron chi connectivity index (χ0n) is 10.6. The van der Waals surface area contributed by atoms with E-state index in [1.165, 1.54) is 36.1 Å². The third kappa shape index (κ3) is 2.59. The third-order valence-corrected chi connectivity index (χ3v) is 5.13. The molecule has 98 valence electrons. The molecule has 1 aliphatic carbocycles. The van der Waals surface area contributed by atoms with Crippen molar-refractivity contribution in [2.45, 2.75) is 44.6 Å². The van der Waals surface area contributed by atoms with Crippen LogP contribution < -0.4 is 10.6 Å². The number of rotatable bonds is 3. The van der Waals surface area contributed by atoms with Crippen LogP contribution in [-0.4, -0.2) is 25.0 Å². The number of piperidine rings is 1. The molecule has 1 aromatic heterocycles. The van der Waals surface area contributed by atoms with Gasteiger partial charge in [-0.1, -0.05) is 6.42 Å². The number of amides is 1. The first-order chi connectivity index (χ1) is 8.83. The van der Waals surface area contributed by atoms with Gasteiger partial charge in [-0.05, 0) is 50.3 Å². The van der Waals surface area contributed by atoms with E-state index in [1.807, 2.05) is 0 Å². The Labute approximate surface area is 112 Å². The number of hydrogen-bond acceptors (Lipinski definition) is 3. The number of aryl methyl sites for hydroxylation is 2. The van der Waals surface area contributed by atoms with Crippen LogP contribution in [0.1, 0.15) is 45.8 Å². The lowest BCUT2D eigenvalue weighted by Crippen LogP contribution is -2.43. The molecule has 0 aromatic carbocycles. The van der Waals surface area contributed by atoms with Crippen molar-refractivity contribution in [1.29, 1.82) is 0 Å². The molecule has 3 rings (SSSR count). The van der Waals surface area contributed by atoms with Gasteiger partial charge < -0.3 is 10.6 Å². The molecule has 0 saturated carbocycles. The summed E-state index contributed by atoms with van der Waals surface area (Å²) in [6.07, 6.45) is 7.31. The molecule has 1 saturated heterocycles. The number of hydrogen-bond donors (Lipinski definition) is 2. The summed E-state index contributed by atoms with van der Waals surface area (Å²) in [5, 5.41) is 6.52. The highest BCUT2D eigenvalue weighted by Crippen LogP contribution is 2.30. The Balaban J connectivity index is 1.54. The molecule has 3 nitrogen and oxygen atoms in total. The molecule has 18 heavy (non-hydrogen) atoms. The minimum absolute atomic E-state index is 0.113. The standard InChI is InChI=1S/C14H20N2OS/c17-14(16-9-11-5-1-2-7-15-11)13-8-10-4-3-6-12(10)18-13/h8,11,15H,1-7,9H2,(H,16,17). The Bertz CT molecular complexity index is 414. The highest BCUT2D eigenvalue weighted by atomic mass is 32.1. The first-order valence-electron chi connectivity index (χ1n) is 6.96. The van der Waals surface area contributed by atoms with E-state index in [-0.39, 0.29) is 5.91 Å². The van der Waals surface area contributed by atoms with Crippen LogP contribution >= 0.6 is 11.3 Å². The topological polar surface area (TPSA) is 41.1 Å². The van der Waals surface area contributed by atoms with Gasteiger partial charge in [-0.15, -0.1) is 11.3 Å². The minimum Gasteiger partial charge on any atom is -0.350 e. The van der Waals surface area contributed by atoms with E-state index in [0.29, 0.717) is 6.04 Å². The average molecular weight is 264 g/mol. The largest absolute Gasteiger partial charge is 0.350 e. The van der Waals surface area contributed by atoms with Crippen molar-refractivity contribution >= 4 is 17.2 Å². The lowest BCUT2D eigenvalue weighted by atomic mass is 10.1. The number of carbonyl (C=O) groups is 1. The predicted molar refractivity (Wildman–Crippen MR) is 74.3 cm³/mol. The molecular weight excluding hydrogens is 244 g/mol. The first-order valence-corrected chi connectivity index (χ1v) is 7.78. The van der Waals surface area contributed by atoms with Crippen molar-refractivity contribution in [2.75, 3.05) is 13.1 Å². The van der Waals surface area contributed by atoms with Gasteiger partial charge in [0.25, 0.3) is 5.91 Å². The van der Waals surface area contributed by atoms with E-state index in [1.54, 1.807) is 11.3 Å². The molecule has 2 heterocycles. The van der Waals surface area contributed by atoms with Crippen LogP contribution in [0.4, 0.5) is 0 Å². The Morgan fingerprint density at radius 2 is 2.33 bits per heavy atom. The van der Waals surface area contributed by atoms with Crippen molar-refractivity contribution in [3.63, 3.8) is 0 Å². The molecule has 2 N–H and O–H groups in total. The second-order valence-electron chi connectivity index (χ2n) is 5.27. The van der Waals surface area contributed by atoms with Gasteiger partial charge in [0.2, 0.25) is 0 Å². The summed E-state index contributed by atoms with van der Waals surface area (Å²) < 4.78 is 0. The van der Waals surface area contributed by atoms with Gasteiger partial charge in [0.05, 0.1) is 4.88 Å². The molecule has 1 unspecified atom stereocenters. The molecular formula is C14H20N2OS. The van der Waals surface area contributed by atoms with Gasteiger partial charge in [-0.25, -0.2) is 0 Å². The van der Waals surface area contributed by atoms with Crippen molar-refractivity contribution in [1.82, 2.24) is 10.6 Å². The molecule has 0 spiro atoms. The fraction of sp³-hybridized carbons (Fsp3) is 0.643. The van der Waals surface area contributed by atoms with Gasteiger partial charge in [0.1, 0.15) is 0 Å². The van der Waals surface area contributed by atoms with Gasteiger partial charge in [0.15, 0.2) is 0 Å². The van der Waals surface area contributed by atoms with E-state index < -0.39 is 0 Å². The molecule has 2 aliphatic rings. The highest BCUT2D eigenvalue weighted by molar-refractivity contribution is 7.14. The van der Waals surface area contributed by atoms with Crippen molar-refractivity contribution < 1.29 is 4.79 Å². The second kappa shape index (κ2) is 5.41. The van der Waals surface area contributed by atoms with Crippen LogP contribution in [0.15, 0.2) is 6.07 Å². The Morgan fingerprint density at radius 3 is 3.11 bits per heavy atom. The number of nitrogens with one attached hydrogen (secondary N) is 2. The van der Waals surface area contributed by atoms with Gasteiger partial charge in [-0.3, -0.25) is 4.79 Å². The number of carbonyl (C=O) groups excluding carboxylic acids is 1. The summed E-state index contributed by atoms with van der Waals surface area (Å²) in [6.45, 7) is 1.86. The highest BCUT2D eigenvalue weighted by Gasteiger charge is 2.19. The van der Waals surface area contributed by atoms with Crippen molar-refractivity contribution in [3.8, 4) is 0 Å². The summed E-state index contributed by atoms with van der Waals surface area (Å²) in [5.41, 5.74) is 1.40. The summed E-state index contributed by atoms with van der Waals surface area (Å²) in [5.74, 6) is 0.113. The van der Waals surface area contributed by atoms with Crippen LogP contribution in [0.3, 0.4) is 0 Å². The van der Waals surface area contributed by atoms with Crippen LogP contribution in [0.5, 0.6) is 0 Å². The van der Waals surface area contributed by atoms with Crippen LogP contribution in [-0.2, 0) is 12.8 Å². The molecule has 1 amide bonds. The fourth-order valence-electron chi connectivity index (χ4n) is 2.84. The Morgan fingerprint density at radius 1 is 1.39 bits per heavy atom. The molecule has 1 aromatic rings. The minimum atomic E-state index is 0.113. The molecule has 1 fully saturated rings. The van der Waals surface area contributed by atoms with Crippen LogP contribution in [0.2, 0.25) is 0 Å². The average Bonchev–Trinajstić information content (AvgIpc) is 2.98. The van der Waals surface area contributed by atoms with E-state index in [2.05, 4.69) is 16.7 Å². The van der Waals surface area contributed by atoms with E-state index >= 15 is 0 Å². The first kappa shape index (κ1) is 12.2. The maximum Gasteiger partial charge on any atom is 0.261 e. The molecule has 0 radical (unpaired) electrons. The molecule has 1 atom stereocenters. The molecule has 0 bridgehead atoms. The summed E-state index contributed by atoms with van der Waals surface area (Å²) in [7, 11) is 0. The molecule has 4 heteroatoms. The van der Waals surface area contributed by atoms with Crippen molar-refractivity contribution in [3.05, 3.63) is 21.4 Å². The fourth-order valence-corrected chi connectivity index (χ4v) is 4.01. The quantitative estimate of drug-likeness (QED) is 0.878. The van der Waals surface area contributed by atoms with Crippen LogP contribution in [0.25, 0.3) is 0 Å². The van der Waals surface area contributed by atoms with Gasteiger partial charge in [-0.2, -0.15) is 0 Å². The number of fused-ring (bicyclic) bond motifs is 1. The monoisotopic (exact) mass is 264 g/mol. The Kier molecular flexibility index (Phi) is 3.66. The molecule has 1 aliphatic heterocycles. The normalized spacial score (nSPS) is 22.8. The van der Waals surface area contributed by atoms with Gasteiger partial charge in [0, 0.05) is 17.5 Å². The summed E-state index contributed by atoms with van der Waals surface area (Å²) in [6, 6.07) is 2.56. The maximum atomic E-state index is 12.1. The zero-order chi connectivity index (χ0) is 12.4. The Hall–Kier alpha value is -0.870. The zero-order valence-corrected chi connectivity index (χ0v) is 11.4. The van der Waals surface area contributed by atoms with E-state index in [9.17, 15) is 4.79 Å². The SMILES string of the molecule is O=C(NCC1CCCCN1)c1cc2c(s1)CCC2. The lowest BCUT2D eigenvalue weighted by molar-refractivity contribution is 0.0951. The van der Waals surface area contributed by atoms with Crippen LogP contribution in [0, 0.1) is 0 Å². The smallest absolute Gasteiger partial charge is 0.261 e. The summed E-state index contributed by atoms with van der Waals surface area (Å²) >= 11 is 1.68. The van der Waals surface area contributed by atoms with E-state index in [4.69, 9.17) is 0 Å². The lowest BCUT2D eigenvalue weighted by Gasteiger charge is -2.23.